The van der Waals surface area contributed by atoms with Crippen LogP contribution in [0.1, 0.15) is 56.9 Å². The SMILES string of the molecule is CN(C(=O)Cc1ccccc1)C1CCC2(CCC(N3CCCC3)O2)CC1. The van der Waals surface area contributed by atoms with Crippen molar-refractivity contribution >= 4 is 5.91 Å². The number of ether oxygens (including phenoxy) is 1. The maximum atomic E-state index is 12.6. The van der Waals surface area contributed by atoms with Crippen molar-refractivity contribution in [3.05, 3.63) is 35.9 Å². The molecule has 0 bridgehead atoms. The molecule has 1 saturated carbocycles. The van der Waals surface area contributed by atoms with Crippen molar-refractivity contribution in [1.82, 2.24) is 9.80 Å². The highest BCUT2D eigenvalue weighted by Crippen LogP contribution is 2.44. The van der Waals surface area contributed by atoms with Crippen molar-refractivity contribution in [3.8, 4) is 0 Å². The van der Waals surface area contributed by atoms with Crippen LogP contribution in [-0.2, 0) is 16.0 Å². The van der Waals surface area contributed by atoms with Crippen molar-refractivity contribution < 1.29 is 9.53 Å². The molecule has 2 aliphatic heterocycles. The normalized spacial score (nSPS) is 32.2. The van der Waals surface area contributed by atoms with Gasteiger partial charge < -0.3 is 9.64 Å². The highest BCUT2D eigenvalue weighted by Gasteiger charge is 2.45. The summed E-state index contributed by atoms with van der Waals surface area (Å²) in [5.41, 5.74) is 1.19. The number of nitrogens with zero attached hydrogens (tertiary/aromatic N) is 2. The third kappa shape index (κ3) is 3.81. The van der Waals surface area contributed by atoms with Crippen molar-refractivity contribution in [3.63, 3.8) is 0 Å². The standard InChI is InChI=1S/C22H32N2O2/c1-23(20(25)17-18-7-3-2-4-8-18)19-9-12-22(13-10-19)14-11-21(26-22)24-15-5-6-16-24/h2-4,7-8,19,21H,5-6,9-17H2,1H3. The van der Waals surface area contributed by atoms with E-state index < -0.39 is 0 Å². The zero-order chi connectivity index (χ0) is 18.0. The zero-order valence-corrected chi connectivity index (χ0v) is 16.0. The van der Waals surface area contributed by atoms with Gasteiger partial charge in [0.15, 0.2) is 0 Å². The molecular formula is C22H32N2O2. The third-order valence-corrected chi connectivity index (χ3v) is 6.79. The van der Waals surface area contributed by atoms with E-state index in [1.165, 1.54) is 38.8 Å². The molecule has 2 heterocycles. The monoisotopic (exact) mass is 356 g/mol. The fraction of sp³-hybridized carbons (Fsp3) is 0.682. The molecule has 4 nitrogen and oxygen atoms in total. The largest absolute Gasteiger partial charge is 0.357 e. The van der Waals surface area contributed by atoms with Crippen molar-refractivity contribution in [1.29, 1.82) is 0 Å². The van der Waals surface area contributed by atoms with Crippen LogP contribution in [0.25, 0.3) is 0 Å². The second-order valence-corrected chi connectivity index (χ2v) is 8.44. The van der Waals surface area contributed by atoms with Gasteiger partial charge in [-0.2, -0.15) is 0 Å². The highest BCUT2D eigenvalue weighted by atomic mass is 16.5. The van der Waals surface area contributed by atoms with Crippen LogP contribution in [0.5, 0.6) is 0 Å². The minimum Gasteiger partial charge on any atom is -0.357 e. The van der Waals surface area contributed by atoms with Crippen LogP contribution in [0.15, 0.2) is 30.3 Å². The minimum absolute atomic E-state index is 0.0904. The average molecular weight is 357 g/mol. The third-order valence-electron chi connectivity index (χ3n) is 6.79. The quantitative estimate of drug-likeness (QED) is 0.826. The summed E-state index contributed by atoms with van der Waals surface area (Å²) in [5, 5.41) is 0. The Hall–Kier alpha value is -1.39. The summed E-state index contributed by atoms with van der Waals surface area (Å²) in [6.07, 6.45) is 10.2. The average Bonchev–Trinajstić information content (AvgIpc) is 3.33. The first kappa shape index (κ1) is 18.0. The summed E-state index contributed by atoms with van der Waals surface area (Å²) in [7, 11) is 1.98. The molecule has 1 aliphatic carbocycles. The van der Waals surface area contributed by atoms with Gasteiger partial charge in [-0.15, -0.1) is 0 Å². The lowest BCUT2D eigenvalue weighted by Crippen LogP contribution is -2.45. The Balaban J connectivity index is 1.28. The summed E-state index contributed by atoms with van der Waals surface area (Å²) in [6, 6.07) is 10.4. The second-order valence-electron chi connectivity index (χ2n) is 8.44. The number of hydrogen-bond donors (Lipinski definition) is 0. The van der Waals surface area contributed by atoms with E-state index in [0.717, 1.165) is 31.2 Å². The Morgan fingerprint density at radius 2 is 1.77 bits per heavy atom. The van der Waals surface area contributed by atoms with E-state index in [4.69, 9.17) is 4.74 Å². The van der Waals surface area contributed by atoms with E-state index in [1.807, 2.05) is 42.3 Å². The number of carbonyl (C=O) groups excluding carboxylic acids is 1. The molecule has 0 aromatic heterocycles. The van der Waals surface area contributed by atoms with Crippen LogP contribution < -0.4 is 0 Å². The smallest absolute Gasteiger partial charge is 0.226 e. The number of carbonyl (C=O) groups is 1. The molecule has 0 radical (unpaired) electrons. The molecule has 2 saturated heterocycles. The molecule has 1 atom stereocenters. The Morgan fingerprint density at radius 1 is 1.12 bits per heavy atom. The molecule has 3 fully saturated rings. The van der Waals surface area contributed by atoms with Crippen molar-refractivity contribution in [2.75, 3.05) is 20.1 Å². The number of hydrogen-bond acceptors (Lipinski definition) is 3. The van der Waals surface area contributed by atoms with Crippen LogP contribution in [0, 0.1) is 0 Å². The molecule has 1 amide bonds. The first-order valence-electron chi connectivity index (χ1n) is 10.4. The maximum absolute atomic E-state index is 12.6. The molecule has 1 aromatic carbocycles. The van der Waals surface area contributed by atoms with Gasteiger partial charge in [0.05, 0.1) is 12.0 Å². The summed E-state index contributed by atoms with van der Waals surface area (Å²) in [6.45, 7) is 2.42. The summed E-state index contributed by atoms with van der Waals surface area (Å²) in [4.78, 5) is 17.2. The minimum atomic E-state index is 0.0904. The van der Waals surface area contributed by atoms with Gasteiger partial charge in [-0.05, 0) is 56.9 Å². The lowest BCUT2D eigenvalue weighted by Gasteiger charge is -2.41. The van der Waals surface area contributed by atoms with Gasteiger partial charge in [-0.3, -0.25) is 9.69 Å². The second kappa shape index (κ2) is 7.69. The first-order valence-corrected chi connectivity index (χ1v) is 10.4. The zero-order valence-electron chi connectivity index (χ0n) is 16.0. The molecule has 0 N–H and O–H groups in total. The van der Waals surface area contributed by atoms with Gasteiger partial charge in [-0.1, -0.05) is 30.3 Å². The molecule has 1 aromatic rings. The predicted octanol–water partition coefficient (Wildman–Crippen LogP) is 3.60. The molecule has 3 aliphatic rings. The van der Waals surface area contributed by atoms with E-state index in [-0.39, 0.29) is 11.5 Å². The van der Waals surface area contributed by atoms with Crippen LogP contribution >= 0.6 is 0 Å². The molecule has 26 heavy (non-hydrogen) atoms. The van der Waals surface area contributed by atoms with E-state index >= 15 is 0 Å². The number of rotatable bonds is 4. The van der Waals surface area contributed by atoms with Crippen LogP contribution in [0.2, 0.25) is 0 Å². The molecule has 4 rings (SSSR count). The van der Waals surface area contributed by atoms with Gasteiger partial charge >= 0.3 is 0 Å². The lowest BCUT2D eigenvalue weighted by molar-refractivity contribution is -0.138. The number of amides is 1. The van der Waals surface area contributed by atoms with Crippen LogP contribution in [0.4, 0.5) is 0 Å². The summed E-state index contributed by atoms with van der Waals surface area (Å²) < 4.78 is 6.58. The van der Waals surface area contributed by atoms with Crippen LogP contribution in [-0.4, -0.2) is 53.7 Å². The predicted molar refractivity (Wildman–Crippen MR) is 103 cm³/mol. The van der Waals surface area contributed by atoms with Gasteiger partial charge in [0.2, 0.25) is 5.91 Å². The van der Waals surface area contributed by atoms with Gasteiger partial charge in [0, 0.05) is 26.2 Å². The Kier molecular flexibility index (Phi) is 5.32. The molecule has 1 spiro atoms. The highest BCUT2D eigenvalue weighted by molar-refractivity contribution is 5.78. The van der Waals surface area contributed by atoms with Gasteiger partial charge in [0.1, 0.15) is 6.23 Å². The van der Waals surface area contributed by atoms with Crippen LogP contribution in [0.3, 0.4) is 0 Å². The molecular weight excluding hydrogens is 324 g/mol. The van der Waals surface area contributed by atoms with Crippen molar-refractivity contribution in [2.24, 2.45) is 0 Å². The Morgan fingerprint density at radius 3 is 2.46 bits per heavy atom. The Labute approximate surface area is 157 Å². The maximum Gasteiger partial charge on any atom is 0.226 e. The van der Waals surface area contributed by atoms with Crippen molar-refractivity contribution in [2.45, 2.75) is 75.7 Å². The summed E-state index contributed by atoms with van der Waals surface area (Å²) >= 11 is 0. The van der Waals surface area contributed by atoms with E-state index in [0.29, 0.717) is 18.7 Å². The summed E-state index contributed by atoms with van der Waals surface area (Å²) in [5.74, 6) is 0.236. The Bertz CT molecular complexity index is 604. The van der Waals surface area contributed by atoms with Gasteiger partial charge in [-0.25, -0.2) is 0 Å². The molecule has 1 unspecified atom stereocenters. The first-order chi connectivity index (χ1) is 12.7. The lowest BCUT2D eigenvalue weighted by atomic mass is 9.80. The number of benzene rings is 1. The fourth-order valence-corrected chi connectivity index (χ4v) is 5.06. The topological polar surface area (TPSA) is 32.8 Å². The van der Waals surface area contributed by atoms with E-state index in [1.54, 1.807) is 0 Å². The number of likely N-dealkylation sites (N-methyl/N-ethyl adjacent to an activating group) is 1. The molecule has 142 valence electrons. The fourth-order valence-electron chi connectivity index (χ4n) is 5.06. The molecule has 4 heteroatoms. The van der Waals surface area contributed by atoms with E-state index in [2.05, 4.69) is 4.90 Å². The van der Waals surface area contributed by atoms with Gasteiger partial charge in [0.25, 0.3) is 0 Å². The van der Waals surface area contributed by atoms with E-state index in [9.17, 15) is 4.79 Å². The number of likely N-dealkylation sites (tertiary alicyclic amines) is 1.